The van der Waals surface area contributed by atoms with Crippen molar-refractivity contribution in [3.63, 3.8) is 0 Å². The zero-order valence-corrected chi connectivity index (χ0v) is 22.9. The van der Waals surface area contributed by atoms with Crippen LogP contribution in [0.3, 0.4) is 0 Å². The van der Waals surface area contributed by atoms with Gasteiger partial charge in [0.15, 0.2) is 5.79 Å². The molecule has 5 nitrogen and oxygen atoms in total. The molecule has 2 heterocycles. The van der Waals surface area contributed by atoms with E-state index in [0.717, 1.165) is 5.75 Å². The minimum Gasteiger partial charge on any atom is -0.405 e. The molecule has 2 saturated heterocycles. The Morgan fingerprint density at radius 2 is 1.47 bits per heavy atom. The fraction of sp³-hybridized carbons (Fsp3) is 0.556. The van der Waals surface area contributed by atoms with Crippen molar-refractivity contribution >= 4 is 30.5 Å². The molecular formula is C27H38O5SSi. The molecule has 2 aromatic carbocycles. The Balaban J connectivity index is 1.71. The topological polar surface area (TPSA) is 57.2 Å². The molecule has 5 unspecified atom stereocenters. The van der Waals surface area contributed by atoms with Gasteiger partial charge in [-0.1, -0.05) is 88.4 Å². The molecule has 1 N–H and O–H groups in total. The largest absolute Gasteiger partial charge is 0.405 e. The number of rotatable bonds is 7. The summed E-state index contributed by atoms with van der Waals surface area (Å²) in [5, 5.41) is 13.3. The Hall–Kier alpha value is -1.19. The van der Waals surface area contributed by atoms with Crippen LogP contribution in [0.2, 0.25) is 5.04 Å². The van der Waals surface area contributed by atoms with Crippen LogP contribution in [0.15, 0.2) is 60.7 Å². The molecule has 0 aromatic heterocycles. The minimum absolute atomic E-state index is 0.132. The normalized spacial score (nSPS) is 29.1. The molecule has 34 heavy (non-hydrogen) atoms. The second-order valence-corrected chi connectivity index (χ2v) is 16.2. The predicted molar refractivity (Wildman–Crippen MR) is 140 cm³/mol. The summed E-state index contributed by atoms with van der Waals surface area (Å²) in [5.74, 6) is 0.0623. The van der Waals surface area contributed by atoms with Gasteiger partial charge in [0.05, 0.1) is 6.61 Å². The van der Waals surface area contributed by atoms with E-state index in [1.165, 1.54) is 10.4 Å². The second kappa shape index (κ2) is 10.0. The van der Waals surface area contributed by atoms with E-state index in [2.05, 4.69) is 76.2 Å². The molecular weight excluding hydrogens is 464 g/mol. The predicted octanol–water partition coefficient (Wildman–Crippen LogP) is 3.92. The summed E-state index contributed by atoms with van der Waals surface area (Å²) < 4.78 is 25.9. The molecule has 4 rings (SSSR count). The van der Waals surface area contributed by atoms with Crippen molar-refractivity contribution in [2.75, 3.05) is 12.4 Å². The third-order valence-corrected chi connectivity index (χ3v) is 12.7. The van der Waals surface area contributed by atoms with Crippen LogP contribution >= 0.6 is 11.8 Å². The van der Waals surface area contributed by atoms with E-state index in [-0.39, 0.29) is 16.6 Å². The number of aliphatic hydroxyl groups excluding tert-OH is 1. The molecule has 0 saturated carbocycles. The van der Waals surface area contributed by atoms with Crippen molar-refractivity contribution in [3.05, 3.63) is 60.7 Å². The standard InChI is InChI=1S/C27H38O5SSi/c1-7-33-25-22(28)24-23(31-27(5,6)32-24)21(30-25)18-29-34(26(2,3)4,19-14-10-8-11-15-19)20-16-12-9-13-17-20/h8-17,21-25,28H,7,18H2,1-6H3. The third kappa shape index (κ3) is 4.89. The van der Waals surface area contributed by atoms with Crippen molar-refractivity contribution in [3.8, 4) is 0 Å². The first-order valence-corrected chi connectivity index (χ1v) is 15.1. The van der Waals surface area contributed by atoms with Crippen LogP contribution in [0.25, 0.3) is 0 Å². The number of fused-ring (bicyclic) bond motifs is 1. The summed E-state index contributed by atoms with van der Waals surface area (Å²) in [7, 11) is -2.72. The molecule has 2 fully saturated rings. The molecule has 2 aliphatic rings. The molecule has 2 aromatic rings. The second-order valence-electron chi connectivity index (χ2n) is 10.5. The fourth-order valence-electron chi connectivity index (χ4n) is 5.26. The SMILES string of the molecule is CCSC1OC(CO[Si](c2ccccc2)(c2ccccc2)C(C)(C)C)C2OC(C)(C)OC2C1O. The first-order valence-electron chi connectivity index (χ1n) is 12.1. The number of hydrogen-bond donors (Lipinski definition) is 1. The molecule has 0 bridgehead atoms. The Bertz CT molecular complexity index is 894. The highest BCUT2D eigenvalue weighted by Gasteiger charge is 2.56. The van der Waals surface area contributed by atoms with Gasteiger partial charge in [0.1, 0.15) is 29.9 Å². The number of ether oxygens (including phenoxy) is 3. The van der Waals surface area contributed by atoms with Crippen molar-refractivity contribution in [2.45, 2.75) is 82.2 Å². The molecule has 7 heteroatoms. The molecule has 0 radical (unpaired) electrons. The molecule has 5 atom stereocenters. The summed E-state index contributed by atoms with van der Waals surface area (Å²) in [6.07, 6.45) is -1.93. The average Bonchev–Trinajstić information content (AvgIpc) is 3.13. The van der Waals surface area contributed by atoms with Gasteiger partial charge in [0.2, 0.25) is 0 Å². The summed E-state index contributed by atoms with van der Waals surface area (Å²) >= 11 is 1.59. The van der Waals surface area contributed by atoms with Gasteiger partial charge >= 0.3 is 0 Å². The molecule has 2 aliphatic heterocycles. The first-order chi connectivity index (χ1) is 16.1. The number of aliphatic hydroxyl groups is 1. The minimum atomic E-state index is -2.72. The van der Waals surface area contributed by atoms with Gasteiger partial charge in [-0.2, -0.15) is 0 Å². The van der Waals surface area contributed by atoms with Crippen LogP contribution in [0.1, 0.15) is 41.5 Å². The van der Waals surface area contributed by atoms with Gasteiger partial charge < -0.3 is 23.7 Å². The molecule has 0 aliphatic carbocycles. The summed E-state index contributed by atoms with van der Waals surface area (Å²) in [5.41, 5.74) is -0.378. The van der Waals surface area contributed by atoms with Gasteiger partial charge in [-0.25, -0.2) is 0 Å². The van der Waals surface area contributed by atoms with Gasteiger partial charge in [-0.3, -0.25) is 0 Å². The summed E-state index contributed by atoms with van der Waals surface area (Å²) in [4.78, 5) is 0. The lowest BCUT2D eigenvalue weighted by atomic mass is 10.0. The lowest BCUT2D eigenvalue weighted by Gasteiger charge is -2.45. The Kier molecular flexibility index (Phi) is 7.65. The van der Waals surface area contributed by atoms with E-state index in [0.29, 0.717) is 6.61 Å². The van der Waals surface area contributed by atoms with Crippen molar-refractivity contribution < 1.29 is 23.7 Å². The van der Waals surface area contributed by atoms with Crippen LogP contribution in [-0.2, 0) is 18.6 Å². The summed E-state index contributed by atoms with van der Waals surface area (Å²) in [6, 6.07) is 21.2. The van der Waals surface area contributed by atoms with Crippen LogP contribution in [-0.4, -0.2) is 61.4 Å². The maximum atomic E-state index is 11.0. The lowest BCUT2D eigenvalue weighted by molar-refractivity contribution is -0.166. The molecule has 0 amide bonds. The van der Waals surface area contributed by atoms with Crippen molar-refractivity contribution in [2.24, 2.45) is 0 Å². The van der Waals surface area contributed by atoms with Crippen LogP contribution in [0.5, 0.6) is 0 Å². The van der Waals surface area contributed by atoms with E-state index in [1.807, 2.05) is 26.0 Å². The van der Waals surface area contributed by atoms with Crippen molar-refractivity contribution in [1.29, 1.82) is 0 Å². The van der Waals surface area contributed by atoms with Gasteiger partial charge in [-0.15, -0.1) is 11.8 Å². The Labute approximate surface area is 209 Å². The smallest absolute Gasteiger partial charge is 0.261 e. The highest BCUT2D eigenvalue weighted by Crippen LogP contribution is 2.42. The van der Waals surface area contributed by atoms with E-state index >= 15 is 0 Å². The number of hydrogen-bond acceptors (Lipinski definition) is 6. The zero-order chi connectivity index (χ0) is 24.6. The molecule has 0 spiro atoms. The van der Waals surface area contributed by atoms with E-state index in [9.17, 15) is 5.11 Å². The number of benzene rings is 2. The van der Waals surface area contributed by atoms with Gasteiger partial charge in [0.25, 0.3) is 8.32 Å². The highest BCUT2D eigenvalue weighted by molar-refractivity contribution is 7.99. The Morgan fingerprint density at radius 3 is 1.97 bits per heavy atom. The fourth-order valence-corrected chi connectivity index (χ4v) is 10.7. The van der Waals surface area contributed by atoms with E-state index in [4.69, 9.17) is 18.6 Å². The van der Waals surface area contributed by atoms with Crippen molar-refractivity contribution in [1.82, 2.24) is 0 Å². The van der Waals surface area contributed by atoms with Crippen LogP contribution < -0.4 is 10.4 Å². The monoisotopic (exact) mass is 502 g/mol. The summed E-state index contributed by atoms with van der Waals surface area (Å²) in [6.45, 7) is 13.0. The maximum Gasteiger partial charge on any atom is 0.261 e. The van der Waals surface area contributed by atoms with E-state index < -0.39 is 32.4 Å². The maximum absolute atomic E-state index is 11.0. The van der Waals surface area contributed by atoms with Crippen LogP contribution in [0, 0.1) is 0 Å². The van der Waals surface area contributed by atoms with Crippen LogP contribution in [0.4, 0.5) is 0 Å². The Morgan fingerprint density at radius 1 is 0.941 bits per heavy atom. The first kappa shape index (κ1) is 25.9. The van der Waals surface area contributed by atoms with Gasteiger partial charge in [-0.05, 0) is 35.0 Å². The van der Waals surface area contributed by atoms with E-state index in [1.54, 1.807) is 11.8 Å². The number of thioether (sulfide) groups is 1. The zero-order valence-electron chi connectivity index (χ0n) is 21.1. The average molecular weight is 503 g/mol. The lowest BCUT2D eigenvalue weighted by Crippen LogP contribution is -2.68. The highest BCUT2D eigenvalue weighted by atomic mass is 32.2. The third-order valence-electron chi connectivity index (χ3n) is 6.67. The molecule has 186 valence electrons. The van der Waals surface area contributed by atoms with Gasteiger partial charge in [0, 0.05) is 0 Å². The quantitative estimate of drug-likeness (QED) is 0.579.